The van der Waals surface area contributed by atoms with Crippen molar-refractivity contribution in [2.24, 2.45) is 5.41 Å². The van der Waals surface area contributed by atoms with Crippen molar-refractivity contribution in [3.63, 3.8) is 0 Å². The second kappa shape index (κ2) is 13.4. The van der Waals surface area contributed by atoms with E-state index in [1.165, 1.54) is 4.90 Å². The van der Waals surface area contributed by atoms with Crippen LogP contribution < -0.4 is 14.5 Å². The predicted molar refractivity (Wildman–Crippen MR) is 176 cm³/mol. The number of rotatable bonds is 9. The highest BCUT2D eigenvalue weighted by Gasteiger charge is 2.38. The first-order chi connectivity index (χ1) is 22.2. The lowest BCUT2D eigenvalue weighted by atomic mass is 9.88. The summed E-state index contributed by atoms with van der Waals surface area (Å²) in [6, 6.07) is 14.0. The molecular weight excluding hydrogens is 609 g/mol. The molecule has 3 aliphatic rings. The van der Waals surface area contributed by atoms with Gasteiger partial charge in [-0.3, -0.25) is 4.79 Å². The second-order valence-electron chi connectivity index (χ2n) is 12.7. The van der Waals surface area contributed by atoms with Crippen molar-refractivity contribution < 1.29 is 18.7 Å². The normalized spacial score (nSPS) is 21.4. The summed E-state index contributed by atoms with van der Waals surface area (Å²) >= 11 is 6.71. The SMILES string of the molecule is C=C(F)C(=O)N1CCN(c2nc(OCC3(CN(C)C)CCOC3)nc3c2CCN(c2cccc4cccc(Cl)c24)C3)CC1CC#N. The van der Waals surface area contributed by atoms with Crippen molar-refractivity contribution in [3.8, 4) is 12.1 Å². The van der Waals surface area contributed by atoms with E-state index in [2.05, 4.69) is 45.5 Å². The molecule has 1 amide bonds. The van der Waals surface area contributed by atoms with Crippen LogP contribution >= 0.6 is 11.6 Å². The van der Waals surface area contributed by atoms with E-state index in [0.717, 1.165) is 53.0 Å². The number of carbonyl (C=O) groups is 1. The number of amides is 1. The molecule has 4 heterocycles. The van der Waals surface area contributed by atoms with Crippen LogP contribution in [0.1, 0.15) is 24.1 Å². The standard InChI is InChI=1S/C34H39ClFN7O3/c1-23(36)32(44)43-16-15-42(18-25(43)10-13-37)31-26-11-14-41(29-9-5-7-24-6-4-8-27(35)30(24)29)19-28(26)38-33(39-31)46-22-34(20-40(2)3)12-17-45-21-34/h4-9,25H,1,10-12,14-22H2,2-3H3. The number of ether oxygens (including phenoxy) is 2. The minimum absolute atomic E-state index is 0.0643. The van der Waals surface area contributed by atoms with Gasteiger partial charge in [-0.2, -0.15) is 15.2 Å². The molecule has 0 radical (unpaired) electrons. The average molecular weight is 648 g/mol. The van der Waals surface area contributed by atoms with Gasteiger partial charge in [-0.25, -0.2) is 4.39 Å². The summed E-state index contributed by atoms with van der Waals surface area (Å²) < 4.78 is 26.1. The van der Waals surface area contributed by atoms with Gasteiger partial charge < -0.3 is 29.1 Å². The van der Waals surface area contributed by atoms with E-state index in [1.54, 1.807) is 0 Å². The maximum atomic E-state index is 13.9. The van der Waals surface area contributed by atoms with Crippen molar-refractivity contribution >= 4 is 39.8 Å². The fourth-order valence-corrected chi connectivity index (χ4v) is 7.31. The quantitative estimate of drug-likeness (QED) is 0.309. The lowest BCUT2D eigenvalue weighted by Gasteiger charge is -2.42. The van der Waals surface area contributed by atoms with Crippen LogP contribution in [0.5, 0.6) is 6.01 Å². The first kappa shape index (κ1) is 32.0. The van der Waals surface area contributed by atoms with E-state index in [9.17, 15) is 14.4 Å². The molecule has 46 heavy (non-hydrogen) atoms. The monoisotopic (exact) mass is 647 g/mol. The summed E-state index contributed by atoms with van der Waals surface area (Å²) in [6.07, 6.45) is 1.62. The third-order valence-corrected chi connectivity index (χ3v) is 9.46. The van der Waals surface area contributed by atoms with Crippen molar-refractivity contribution in [3.05, 3.63) is 65.1 Å². The number of fused-ring (bicyclic) bond motifs is 2. The first-order valence-electron chi connectivity index (χ1n) is 15.6. The highest BCUT2D eigenvalue weighted by molar-refractivity contribution is 6.36. The van der Waals surface area contributed by atoms with Crippen LogP contribution in [0.15, 0.2) is 48.8 Å². The van der Waals surface area contributed by atoms with Crippen molar-refractivity contribution in [2.75, 3.05) is 76.4 Å². The number of anilines is 2. The number of benzene rings is 2. The fraction of sp³-hybridized carbons (Fsp3) is 0.471. The predicted octanol–water partition coefficient (Wildman–Crippen LogP) is 4.61. The molecule has 2 aromatic carbocycles. The van der Waals surface area contributed by atoms with Crippen LogP contribution in [-0.2, 0) is 22.5 Å². The van der Waals surface area contributed by atoms with E-state index in [4.69, 9.17) is 31.0 Å². The Kier molecular flexibility index (Phi) is 9.32. The van der Waals surface area contributed by atoms with Gasteiger partial charge in [0.25, 0.3) is 5.91 Å². The lowest BCUT2D eigenvalue weighted by molar-refractivity contribution is -0.131. The van der Waals surface area contributed by atoms with Gasteiger partial charge in [0.1, 0.15) is 12.4 Å². The second-order valence-corrected chi connectivity index (χ2v) is 13.1. The number of aromatic nitrogens is 2. The van der Waals surface area contributed by atoms with Gasteiger partial charge in [-0.1, -0.05) is 42.4 Å². The van der Waals surface area contributed by atoms with Crippen LogP contribution in [-0.4, -0.2) is 98.4 Å². The maximum Gasteiger partial charge on any atom is 0.318 e. The molecule has 1 aromatic heterocycles. The molecule has 0 bridgehead atoms. The summed E-state index contributed by atoms with van der Waals surface area (Å²) in [5.41, 5.74) is 2.73. The van der Waals surface area contributed by atoms with E-state index < -0.39 is 17.8 Å². The summed E-state index contributed by atoms with van der Waals surface area (Å²) in [6.45, 7) is 7.94. The Morgan fingerprint density at radius 2 is 2.02 bits per heavy atom. The summed E-state index contributed by atoms with van der Waals surface area (Å²) in [7, 11) is 4.09. The molecule has 0 saturated carbocycles. The highest BCUT2D eigenvalue weighted by atomic mass is 35.5. The fourth-order valence-electron chi connectivity index (χ4n) is 7.03. The molecule has 2 unspecified atom stereocenters. The van der Waals surface area contributed by atoms with E-state index in [0.29, 0.717) is 50.9 Å². The minimum atomic E-state index is -1.03. The van der Waals surface area contributed by atoms with Gasteiger partial charge in [0.05, 0.1) is 42.4 Å². The van der Waals surface area contributed by atoms with Gasteiger partial charge in [-0.15, -0.1) is 0 Å². The largest absolute Gasteiger partial charge is 0.463 e. The van der Waals surface area contributed by atoms with Crippen LogP contribution in [0.4, 0.5) is 15.9 Å². The van der Waals surface area contributed by atoms with Crippen molar-refractivity contribution in [1.82, 2.24) is 19.8 Å². The molecule has 3 aromatic rings. The molecule has 242 valence electrons. The maximum absolute atomic E-state index is 13.9. The number of nitriles is 1. The zero-order valence-corrected chi connectivity index (χ0v) is 27.1. The van der Waals surface area contributed by atoms with Crippen LogP contribution in [0.25, 0.3) is 10.8 Å². The number of hydrogen-bond donors (Lipinski definition) is 0. The molecule has 10 nitrogen and oxygen atoms in total. The smallest absolute Gasteiger partial charge is 0.318 e. The number of carbonyl (C=O) groups excluding carboxylic acids is 1. The Hall–Kier alpha value is -3.98. The summed E-state index contributed by atoms with van der Waals surface area (Å²) in [4.78, 5) is 30.4. The van der Waals surface area contributed by atoms with E-state index >= 15 is 0 Å². The van der Waals surface area contributed by atoms with E-state index in [1.807, 2.05) is 32.3 Å². The molecule has 0 spiro atoms. The Labute approximate surface area is 273 Å². The summed E-state index contributed by atoms with van der Waals surface area (Å²) in [5, 5.41) is 12.3. The van der Waals surface area contributed by atoms with Crippen LogP contribution in [0.3, 0.4) is 0 Å². The molecule has 12 heteroatoms. The van der Waals surface area contributed by atoms with Gasteiger partial charge in [0, 0.05) is 61.4 Å². The molecule has 0 aliphatic carbocycles. The number of piperazine rings is 1. The highest BCUT2D eigenvalue weighted by Crippen LogP contribution is 2.38. The van der Waals surface area contributed by atoms with Gasteiger partial charge in [0.15, 0.2) is 5.83 Å². The molecule has 2 saturated heterocycles. The van der Waals surface area contributed by atoms with Gasteiger partial charge in [-0.05, 0) is 44.5 Å². The lowest BCUT2D eigenvalue weighted by Crippen LogP contribution is -2.55. The average Bonchev–Trinajstić information content (AvgIpc) is 3.50. The van der Waals surface area contributed by atoms with Crippen LogP contribution in [0, 0.1) is 16.7 Å². The molecule has 2 atom stereocenters. The van der Waals surface area contributed by atoms with Crippen LogP contribution in [0.2, 0.25) is 5.02 Å². The molecule has 3 aliphatic heterocycles. The number of nitrogens with zero attached hydrogens (tertiary/aromatic N) is 7. The number of halogens is 2. The zero-order chi connectivity index (χ0) is 32.4. The van der Waals surface area contributed by atoms with E-state index in [-0.39, 0.29) is 24.4 Å². The Balaban J connectivity index is 1.35. The first-order valence-corrected chi connectivity index (χ1v) is 16.0. The van der Waals surface area contributed by atoms with Crippen molar-refractivity contribution in [1.29, 1.82) is 5.26 Å². The molecule has 0 N–H and O–H groups in total. The zero-order valence-electron chi connectivity index (χ0n) is 26.3. The number of hydrogen-bond acceptors (Lipinski definition) is 9. The van der Waals surface area contributed by atoms with Crippen molar-refractivity contribution in [2.45, 2.75) is 31.8 Å². The third-order valence-electron chi connectivity index (χ3n) is 9.14. The van der Waals surface area contributed by atoms with Gasteiger partial charge in [0.2, 0.25) is 0 Å². The summed E-state index contributed by atoms with van der Waals surface area (Å²) in [5.74, 6) is -1.07. The third kappa shape index (κ3) is 6.47. The Morgan fingerprint density at radius 3 is 2.74 bits per heavy atom. The molecular formula is C34H39ClFN7O3. The molecule has 2 fully saturated rings. The Morgan fingerprint density at radius 1 is 1.22 bits per heavy atom. The molecule has 6 rings (SSSR count). The van der Waals surface area contributed by atoms with Gasteiger partial charge >= 0.3 is 6.01 Å². The topological polar surface area (TPSA) is 98.1 Å². The minimum Gasteiger partial charge on any atom is -0.463 e. The Bertz CT molecular complexity index is 1670.